The van der Waals surface area contributed by atoms with Gasteiger partial charge in [-0.15, -0.1) is 0 Å². The highest BCUT2D eigenvalue weighted by atomic mass is 19.4. The largest absolute Gasteiger partial charge is 0.489 e. The van der Waals surface area contributed by atoms with Crippen molar-refractivity contribution in [1.82, 2.24) is 9.88 Å². The van der Waals surface area contributed by atoms with Gasteiger partial charge in [-0.05, 0) is 44.4 Å². The van der Waals surface area contributed by atoms with Gasteiger partial charge >= 0.3 is 6.18 Å². The maximum absolute atomic E-state index is 13.2. The molecule has 0 radical (unpaired) electrons. The van der Waals surface area contributed by atoms with Crippen LogP contribution < -0.4 is 15.0 Å². The number of nitro benzene ring substituents is 1. The third kappa shape index (κ3) is 6.33. The van der Waals surface area contributed by atoms with E-state index in [0.29, 0.717) is 0 Å². The van der Waals surface area contributed by atoms with Crippen molar-refractivity contribution < 1.29 is 22.8 Å². The lowest BCUT2D eigenvalue weighted by molar-refractivity contribution is -0.388. The van der Waals surface area contributed by atoms with E-state index in [4.69, 9.17) is 4.74 Å². The van der Waals surface area contributed by atoms with Crippen molar-refractivity contribution in [3.63, 3.8) is 0 Å². The van der Waals surface area contributed by atoms with E-state index in [-0.39, 0.29) is 17.8 Å². The summed E-state index contributed by atoms with van der Waals surface area (Å²) in [6.45, 7) is 7.18. The van der Waals surface area contributed by atoms with Crippen molar-refractivity contribution in [2.24, 2.45) is 0 Å². The lowest BCUT2D eigenvalue weighted by atomic mass is 9.92. The first-order valence-corrected chi connectivity index (χ1v) is 11.9. The van der Waals surface area contributed by atoms with E-state index in [1.54, 1.807) is 6.20 Å². The van der Waals surface area contributed by atoms with Crippen LogP contribution in [0.2, 0.25) is 0 Å². The topological polar surface area (TPSA) is 83.8 Å². The Hall–Kier alpha value is -3.08. The number of nitrogens with one attached hydrogen (secondary N) is 1. The first-order valence-electron chi connectivity index (χ1n) is 11.9. The smallest absolute Gasteiger partial charge is 0.423 e. The summed E-state index contributed by atoms with van der Waals surface area (Å²) in [6.07, 6.45) is 1.71. The van der Waals surface area contributed by atoms with Crippen molar-refractivity contribution in [3.8, 4) is 5.75 Å². The highest BCUT2D eigenvalue weighted by Gasteiger charge is 2.38. The molecule has 11 heteroatoms. The fourth-order valence-corrected chi connectivity index (χ4v) is 4.73. The van der Waals surface area contributed by atoms with Gasteiger partial charge in [0.2, 0.25) is 0 Å². The minimum absolute atomic E-state index is 0.00429. The number of ether oxygens (including phenoxy) is 1. The molecular weight excluding hydrogens is 463 g/mol. The molecule has 1 aromatic carbocycles. The predicted octanol–water partition coefficient (Wildman–Crippen LogP) is 4.95. The van der Waals surface area contributed by atoms with Gasteiger partial charge in [0.05, 0.1) is 29.1 Å². The molecule has 1 saturated heterocycles. The zero-order valence-corrected chi connectivity index (χ0v) is 19.6. The van der Waals surface area contributed by atoms with Crippen molar-refractivity contribution >= 4 is 17.1 Å². The van der Waals surface area contributed by atoms with Crippen LogP contribution in [0.3, 0.4) is 0 Å². The lowest BCUT2D eigenvalue weighted by Gasteiger charge is -2.35. The Balaban J connectivity index is 1.31. The Labute approximate surface area is 202 Å². The van der Waals surface area contributed by atoms with E-state index in [1.165, 1.54) is 6.07 Å². The average molecular weight is 494 g/mol. The summed E-state index contributed by atoms with van der Waals surface area (Å²) in [6, 6.07) is 5.04. The van der Waals surface area contributed by atoms with Crippen LogP contribution in [0.25, 0.3) is 0 Å². The first kappa shape index (κ1) is 25.0. The van der Waals surface area contributed by atoms with Gasteiger partial charge in [-0.1, -0.05) is 6.92 Å². The zero-order chi connectivity index (χ0) is 25.0. The Morgan fingerprint density at radius 1 is 1.11 bits per heavy atom. The van der Waals surface area contributed by atoms with Gasteiger partial charge in [0.25, 0.3) is 5.69 Å². The number of halogens is 3. The van der Waals surface area contributed by atoms with E-state index in [9.17, 15) is 23.3 Å². The third-order valence-corrected chi connectivity index (χ3v) is 6.73. The average Bonchev–Trinajstić information content (AvgIpc) is 2.85. The Morgan fingerprint density at radius 2 is 1.83 bits per heavy atom. The molecule has 0 amide bonds. The first-order chi connectivity index (χ1) is 16.7. The minimum Gasteiger partial charge on any atom is -0.489 e. The number of pyridine rings is 1. The SMILES string of the molecule is CCN1CCN(c2cncc(O[C@H]3CC[C@H](Nc4ccc([N+](=O)[O-])c(C(F)(F)F)c4)CC3)c2)CC1. The maximum atomic E-state index is 13.2. The predicted molar refractivity (Wildman–Crippen MR) is 127 cm³/mol. The lowest BCUT2D eigenvalue weighted by Crippen LogP contribution is -2.46. The Morgan fingerprint density at radius 3 is 2.46 bits per heavy atom. The number of piperazine rings is 1. The Kier molecular flexibility index (Phi) is 7.63. The van der Waals surface area contributed by atoms with Gasteiger partial charge in [-0.25, -0.2) is 0 Å². The van der Waals surface area contributed by atoms with E-state index >= 15 is 0 Å². The van der Waals surface area contributed by atoms with Crippen LogP contribution in [0.4, 0.5) is 30.2 Å². The van der Waals surface area contributed by atoms with Gasteiger partial charge in [-0.3, -0.25) is 15.1 Å². The number of anilines is 2. The van der Waals surface area contributed by atoms with Gasteiger partial charge in [0, 0.05) is 50.0 Å². The molecule has 0 unspecified atom stereocenters. The summed E-state index contributed by atoms with van der Waals surface area (Å²) in [5, 5.41) is 14.1. The standard InChI is InChI=1S/C24H30F3N5O3/c1-2-30-9-11-31(12-10-30)19-14-21(16-28-15-19)35-20-6-3-17(4-7-20)29-18-5-8-23(32(33)34)22(13-18)24(25,26)27/h5,8,13-17,20,29H,2-4,6-7,9-12H2,1H3/t17-,20-. The molecule has 2 fully saturated rings. The van der Waals surface area contributed by atoms with Crippen LogP contribution in [0.1, 0.15) is 38.2 Å². The quantitative estimate of drug-likeness (QED) is 0.432. The molecule has 1 aromatic heterocycles. The van der Waals surface area contributed by atoms with Crippen molar-refractivity contribution in [2.45, 2.75) is 50.9 Å². The fraction of sp³-hybridized carbons (Fsp3) is 0.542. The summed E-state index contributed by atoms with van der Waals surface area (Å²) in [7, 11) is 0. The van der Waals surface area contributed by atoms with E-state index in [2.05, 4.69) is 27.0 Å². The molecule has 2 heterocycles. The van der Waals surface area contributed by atoms with Crippen molar-refractivity contribution in [1.29, 1.82) is 0 Å². The molecule has 0 bridgehead atoms. The van der Waals surface area contributed by atoms with Crippen molar-refractivity contribution in [2.75, 3.05) is 42.9 Å². The third-order valence-electron chi connectivity index (χ3n) is 6.73. The van der Waals surface area contributed by atoms with Crippen molar-refractivity contribution in [3.05, 3.63) is 52.3 Å². The normalized spacial score (nSPS) is 21.5. The summed E-state index contributed by atoms with van der Waals surface area (Å²) in [5.41, 5.74) is -0.907. The molecule has 1 saturated carbocycles. The van der Waals surface area contributed by atoms with Crippen LogP contribution in [0.5, 0.6) is 5.75 Å². The number of aromatic nitrogens is 1. The molecule has 1 N–H and O–H groups in total. The number of rotatable bonds is 7. The maximum Gasteiger partial charge on any atom is 0.423 e. The number of likely N-dealkylation sites (N-methyl/N-ethyl adjacent to an activating group) is 1. The molecule has 2 aromatic rings. The number of nitro groups is 1. The van der Waals surface area contributed by atoms with Gasteiger partial charge in [0.15, 0.2) is 0 Å². The second-order valence-electron chi connectivity index (χ2n) is 9.02. The molecule has 1 aliphatic heterocycles. The van der Waals surface area contributed by atoms with E-state index in [1.807, 2.05) is 12.3 Å². The van der Waals surface area contributed by atoms with Gasteiger partial charge < -0.3 is 19.9 Å². The highest BCUT2D eigenvalue weighted by molar-refractivity contribution is 5.55. The summed E-state index contributed by atoms with van der Waals surface area (Å²) in [5.74, 6) is 0.724. The van der Waals surface area contributed by atoms with E-state index < -0.39 is 22.4 Å². The van der Waals surface area contributed by atoms with E-state index in [0.717, 1.165) is 82.0 Å². The summed E-state index contributed by atoms with van der Waals surface area (Å²) >= 11 is 0. The van der Waals surface area contributed by atoms with Crippen LogP contribution in [0, 0.1) is 10.1 Å². The number of benzene rings is 1. The molecule has 4 rings (SSSR count). The van der Waals surface area contributed by atoms with Crippen LogP contribution >= 0.6 is 0 Å². The van der Waals surface area contributed by atoms with Crippen LogP contribution in [-0.2, 0) is 6.18 Å². The molecule has 0 atom stereocenters. The minimum atomic E-state index is -4.79. The summed E-state index contributed by atoms with van der Waals surface area (Å²) in [4.78, 5) is 19.0. The van der Waals surface area contributed by atoms with Crippen LogP contribution in [0.15, 0.2) is 36.7 Å². The molecule has 1 aliphatic carbocycles. The van der Waals surface area contributed by atoms with Gasteiger partial charge in [0.1, 0.15) is 11.3 Å². The second kappa shape index (κ2) is 10.7. The molecule has 190 valence electrons. The molecule has 2 aliphatic rings. The van der Waals surface area contributed by atoms with Crippen LogP contribution in [-0.4, -0.2) is 59.7 Å². The molecule has 8 nitrogen and oxygen atoms in total. The summed E-state index contributed by atoms with van der Waals surface area (Å²) < 4.78 is 45.9. The Bertz CT molecular complexity index is 1020. The second-order valence-corrected chi connectivity index (χ2v) is 9.02. The zero-order valence-electron chi connectivity index (χ0n) is 19.6. The van der Waals surface area contributed by atoms with Gasteiger partial charge in [-0.2, -0.15) is 13.2 Å². The monoisotopic (exact) mass is 493 g/mol. The number of hydrogen-bond donors (Lipinski definition) is 1. The molecule has 0 spiro atoms. The highest BCUT2D eigenvalue weighted by Crippen LogP contribution is 2.38. The molecule has 35 heavy (non-hydrogen) atoms. The molecular formula is C24H30F3N5O3. The number of nitrogens with zero attached hydrogens (tertiary/aromatic N) is 4. The number of hydrogen-bond acceptors (Lipinski definition) is 7. The fourth-order valence-electron chi connectivity index (χ4n) is 4.73. The number of alkyl halides is 3.